The summed E-state index contributed by atoms with van der Waals surface area (Å²) in [7, 11) is 0. The molecule has 1 nitrogen and oxygen atoms in total. The fraction of sp³-hybridized carbons (Fsp3) is 0.0667. The number of nitrogens with one attached hydrogen (secondary N) is 1. The van der Waals surface area contributed by atoms with Crippen molar-refractivity contribution >= 4 is 42.8 Å². The van der Waals surface area contributed by atoms with Gasteiger partial charge in [0.15, 0.2) is 0 Å². The summed E-state index contributed by atoms with van der Waals surface area (Å²) >= 11 is 7.04. The molecule has 0 saturated heterocycles. The molecule has 0 radical (unpaired) electrons. The zero-order valence-corrected chi connectivity index (χ0v) is 12.8. The Morgan fingerprint density at radius 3 is 2.61 bits per heavy atom. The number of aromatic amines is 1. The van der Waals surface area contributed by atoms with Gasteiger partial charge in [-0.05, 0) is 47.9 Å². The monoisotopic (exact) mass is 363 g/mol. The summed E-state index contributed by atoms with van der Waals surface area (Å²) in [5.41, 5.74) is 3.82. The predicted molar refractivity (Wildman–Crippen MR) is 82.9 cm³/mol. The molecule has 1 heterocycles. The SMILES string of the molecule is Brc1cccc(Cc2c[nH]c3ccc(Br)cc23)c1. The van der Waals surface area contributed by atoms with Crippen molar-refractivity contribution in [2.24, 2.45) is 0 Å². The van der Waals surface area contributed by atoms with E-state index in [4.69, 9.17) is 0 Å². The van der Waals surface area contributed by atoms with Gasteiger partial charge in [0, 0.05) is 26.0 Å². The maximum atomic E-state index is 3.53. The molecule has 0 bridgehead atoms. The van der Waals surface area contributed by atoms with Crippen molar-refractivity contribution in [2.45, 2.75) is 6.42 Å². The number of rotatable bonds is 2. The molecule has 1 N–H and O–H groups in total. The second-order valence-corrected chi connectivity index (χ2v) is 6.14. The van der Waals surface area contributed by atoms with E-state index in [2.05, 4.69) is 85.5 Å². The van der Waals surface area contributed by atoms with Crippen molar-refractivity contribution in [3.05, 3.63) is 68.7 Å². The van der Waals surface area contributed by atoms with Gasteiger partial charge in [0.2, 0.25) is 0 Å². The van der Waals surface area contributed by atoms with E-state index in [-0.39, 0.29) is 0 Å². The summed E-state index contributed by atoms with van der Waals surface area (Å²) in [6.07, 6.45) is 3.04. The Morgan fingerprint density at radius 1 is 0.944 bits per heavy atom. The summed E-state index contributed by atoms with van der Waals surface area (Å²) in [4.78, 5) is 3.32. The highest BCUT2D eigenvalue weighted by Crippen LogP contribution is 2.25. The van der Waals surface area contributed by atoms with Gasteiger partial charge < -0.3 is 4.98 Å². The van der Waals surface area contributed by atoms with E-state index in [1.54, 1.807) is 0 Å². The number of benzene rings is 2. The Labute approximate surface area is 122 Å². The van der Waals surface area contributed by atoms with E-state index in [1.165, 1.54) is 22.0 Å². The molecule has 18 heavy (non-hydrogen) atoms. The van der Waals surface area contributed by atoms with Crippen LogP contribution in [-0.2, 0) is 6.42 Å². The van der Waals surface area contributed by atoms with Crippen molar-refractivity contribution in [1.29, 1.82) is 0 Å². The Morgan fingerprint density at radius 2 is 1.78 bits per heavy atom. The van der Waals surface area contributed by atoms with Crippen molar-refractivity contribution in [3.8, 4) is 0 Å². The molecule has 0 saturated carbocycles. The van der Waals surface area contributed by atoms with Gasteiger partial charge in [-0.3, -0.25) is 0 Å². The van der Waals surface area contributed by atoms with E-state index < -0.39 is 0 Å². The lowest BCUT2D eigenvalue weighted by Crippen LogP contribution is -1.86. The highest BCUT2D eigenvalue weighted by molar-refractivity contribution is 9.10. The maximum absolute atomic E-state index is 3.53. The van der Waals surface area contributed by atoms with Crippen LogP contribution in [0.25, 0.3) is 10.9 Å². The first-order valence-corrected chi connectivity index (χ1v) is 7.31. The molecule has 0 amide bonds. The van der Waals surface area contributed by atoms with Gasteiger partial charge in [-0.1, -0.05) is 44.0 Å². The topological polar surface area (TPSA) is 15.8 Å². The highest BCUT2D eigenvalue weighted by atomic mass is 79.9. The van der Waals surface area contributed by atoms with E-state index in [1.807, 2.05) is 0 Å². The van der Waals surface area contributed by atoms with Crippen LogP contribution >= 0.6 is 31.9 Å². The summed E-state index contributed by atoms with van der Waals surface area (Å²) in [6, 6.07) is 14.8. The molecule has 0 aliphatic carbocycles. The van der Waals surface area contributed by atoms with Crippen LogP contribution < -0.4 is 0 Å². The lowest BCUT2D eigenvalue weighted by Gasteiger charge is -2.01. The third-order valence-electron chi connectivity index (χ3n) is 3.01. The third-order valence-corrected chi connectivity index (χ3v) is 4.00. The Hall–Kier alpha value is -1.06. The van der Waals surface area contributed by atoms with Gasteiger partial charge in [0.25, 0.3) is 0 Å². The van der Waals surface area contributed by atoms with Gasteiger partial charge >= 0.3 is 0 Å². The lowest BCUT2D eigenvalue weighted by molar-refractivity contribution is 1.20. The van der Waals surface area contributed by atoms with E-state index in [0.29, 0.717) is 0 Å². The molecule has 1 aromatic heterocycles. The predicted octanol–water partition coefficient (Wildman–Crippen LogP) is 5.28. The zero-order chi connectivity index (χ0) is 12.5. The number of hydrogen-bond acceptors (Lipinski definition) is 0. The van der Waals surface area contributed by atoms with Crippen molar-refractivity contribution < 1.29 is 0 Å². The summed E-state index contributed by atoms with van der Waals surface area (Å²) < 4.78 is 2.24. The van der Waals surface area contributed by atoms with Crippen LogP contribution in [0.4, 0.5) is 0 Å². The first-order chi connectivity index (χ1) is 8.72. The molecule has 2 aromatic carbocycles. The fourth-order valence-electron chi connectivity index (χ4n) is 2.16. The molecular weight excluding hydrogens is 354 g/mol. The number of aromatic nitrogens is 1. The molecule has 3 aromatic rings. The van der Waals surface area contributed by atoms with Crippen LogP contribution in [0.15, 0.2) is 57.6 Å². The minimum atomic E-state index is 0.940. The number of fused-ring (bicyclic) bond motifs is 1. The van der Waals surface area contributed by atoms with Crippen molar-refractivity contribution in [2.75, 3.05) is 0 Å². The normalized spacial score (nSPS) is 11.0. The van der Waals surface area contributed by atoms with Crippen LogP contribution in [0.3, 0.4) is 0 Å². The number of hydrogen-bond donors (Lipinski definition) is 1. The van der Waals surface area contributed by atoms with Crippen LogP contribution in [0.1, 0.15) is 11.1 Å². The summed E-state index contributed by atoms with van der Waals surface area (Å²) in [5, 5.41) is 1.28. The highest BCUT2D eigenvalue weighted by Gasteiger charge is 2.05. The van der Waals surface area contributed by atoms with Crippen LogP contribution in [0, 0.1) is 0 Å². The Bertz CT molecular complexity index is 701. The molecule has 3 rings (SSSR count). The second-order valence-electron chi connectivity index (χ2n) is 4.31. The first kappa shape index (κ1) is 12.0. The van der Waals surface area contributed by atoms with Crippen LogP contribution in [-0.4, -0.2) is 4.98 Å². The molecule has 90 valence electrons. The average Bonchev–Trinajstić information content (AvgIpc) is 2.72. The molecule has 0 aliphatic rings. The summed E-state index contributed by atoms with van der Waals surface area (Å²) in [6.45, 7) is 0. The standard InChI is InChI=1S/C15H11Br2N/c16-12-3-1-2-10(7-12)6-11-9-18-15-5-4-13(17)8-14(11)15/h1-5,7-9,18H,6H2. The third kappa shape index (κ3) is 2.38. The number of H-pyrrole nitrogens is 1. The lowest BCUT2D eigenvalue weighted by atomic mass is 10.0. The summed E-state index contributed by atoms with van der Waals surface area (Å²) in [5.74, 6) is 0. The second kappa shape index (κ2) is 4.90. The van der Waals surface area contributed by atoms with Gasteiger partial charge in [-0.25, -0.2) is 0 Å². The quantitative estimate of drug-likeness (QED) is 0.636. The molecular formula is C15H11Br2N. The van der Waals surface area contributed by atoms with Crippen molar-refractivity contribution in [3.63, 3.8) is 0 Å². The van der Waals surface area contributed by atoms with E-state index in [0.717, 1.165) is 15.4 Å². The minimum absolute atomic E-state index is 0.940. The smallest absolute Gasteiger partial charge is 0.0457 e. The Balaban J connectivity index is 2.02. The molecule has 0 aliphatic heterocycles. The molecule has 0 fully saturated rings. The van der Waals surface area contributed by atoms with E-state index >= 15 is 0 Å². The number of halogens is 2. The van der Waals surface area contributed by atoms with Crippen LogP contribution in [0.2, 0.25) is 0 Å². The average molecular weight is 365 g/mol. The molecule has 3 heteroatoms. The van der Waals surface area contributed by atoms with Crippen molar-refractivity contribution in [1.82, 2.24) is 4.98 Å². The fourth-order valence-corrected chi connectivity index (χ4v) is 2.97. The van der Waals surface area contributed by atoms with Crippen LogP contribution in [0.5, 0.6) is 0 Å². The maximum Gasteiger partial charge on any atom is 0.0457 e. The largest absolute Gasteiger partial charge is 0.361 e. The van der Waals surface area contributed by atoms with E-state index in [9.17, 15) is 0 Å². The zero-order valence-electron chi connectivity index (χ0n) is 9.58. The minimum Gasteiger partial charge on any atom is -0.361 e. The Kier molecular flexibility index (Phi) is 3.27. The molecule has 0 unspecified atom stereocenters. The first-order valence-electron chi connectivity index (χ1n) is 5.72. The molecule has 0 atom stereocenters. The van der Waals surface area contributed by atoms with Gasteiger partial charge in [0.05, 0.1) is 0 Å². The van der Waals surface area contributed by atoms with Gasteiger partial charge in [0.1, 0.15) is 0 Å². The molecule has 0 spiro atoms. The van der Waals surface area contributed by atoms with Gasteiger partial charge in [-0.15, -0.1) is 0 Å². The van der Waals surface area contributed by atoms with Gasteiger partial charge in [-0.2, -0.15) is 0 Å².